The number of nitrogens with two attached hydrogens (primary N) is 1. The van der Waals surface area contributed by atoms with E-state index in [-0.39, 0.29) is 29.8 Å². The number of carbonyl (C=O) groups is 2. The minimum absolute atomic E-state index is 0.0222. The average molecular weight is 341 g/mol. The quantitative estimate of drug-likeness (QED) is 0.884. The maximum atomic E-state index is 12.9. The minimum Gasteiger partial charge on any atom is -0.478 e. The van der Waals surface area contributed by atoms with Gasteiger partial charge in [-0.2, -0.15) is 0 Å². The zero-order chi connectivity index (χ0) is 18.1. The molecule has 130 valence electrons. The van der Waals surface area contributed by atoms with E-state index >= 15 is 0 Å². The van der Waals surface area contributed by atoms with Crippen molar-refractivity contribution >= 4 is 23.5 Å². The van der Waals surface area contributed by atoms with Gasteiger partial charge in [-0.3, -0.25) is 9.69 Å². The molecule has 0 saturated carbocycles. The number of pyridine rings is 1. The Hall–Kier alpha value is -3.09. The number of carboxylic acid groups (broad SMARTS) is 1. The number of aromatic carboxylic acids is 1. The van der Waals surface area contributed by atoms with Crippen molar-refractivity contribution in [3.63, 3.8) is 0 Å². The average Bonchev–Trinajstić information content (AvgIpc) is 2.57. The summed E-state index contributed by atoms with van der Waals surface area (Å²) in [5, 5.41) is 9.15. The number of amides is 1. The summed E-state index contributed by atoms with van der Waals surface area (Å²) in [5.74, 6) is -0.141. The summed E-state index contributed by atoms with van der Waals surface area (Å²) in [5.41, 5.74) is 6.61. The summed E-state index contributed by atoms with van der Waals surface area (Å²) < 4.78 is 5.79. The Kier molecular flexibility index (Phi) is 4.31. The van der Waals surface area contributed by atoms with Crippen molar-refractivity contribution in [1.29, 1.82) is 0 Å². The van der Waals surface area contributed by atoms with E-state index in [1.54, 1.807) is 30.3 Å². The SMILES string of the molecule is CC(C)C1Oc2ccc(N)nc2N(Cc2cccc(C(=O)O)c2)C1=O. The molecule has 1 aromatic heterocycles. The van der Waals surface area contributed by atoms with Gasteiger partial charge in [0, 0.05) is 0 Å². The number of carboxylic acids is 1. The Morgan fingerprint density at radius 2 is 2.12 bits per heavy atom. The normalized spacial score (nSPS) is 16.5. The van der Waals surface area contributed by atoms with Crippen molar-refractivity contribution in [1.82, 2.24) is 4.98 Å². The third kappa shape index (κ3) is 3.26. The smallest absolute Gasteiger partial charge is 0.335 e. The summed E-state index contributed by atoms with van der Waals surface area (Å²) >= 11 is 0. The topological polar surface area (TPSA) is 106 Å². The van der Waals surface area contributed by atoms with Gasteiger partial charge in [-0.1, -0.05) is 26.0 Å². The van der Waals surface area contributed by atoms with Crippen LogP contribution < -0.4 is 15.4 Å². The van der Waals surface area contributed by atoms with Crippen LogP contribution in [0.1, 0.15) is 29.8 Å². The number of hydrogen-bond acceptors (Lipinski definition) is 5. The first-order valence-corrected chi connectivity index (χ1v) is 7.93. The van der Waals surface area contributed by atoms with Gasteiger partial charge in [0.15, 0.2) is 17.7 Å². The zero-order valence-electron chi connectivity index (χ0n) is 14.0. The molecule has 0 aliphatic carbocycles. The van der Waals surface area contributed by atoms with Crippen molar-refractivity contribution in [2.24, 2.45) is 5.92 Å². The van der Waals surface area contributed by atoms with Crippen LogP contribution in [-0.4, -0.2) is 28.1 Å². The molecule has 0 fully saturated rings. The molecule has 0 radical (unpaired) electrons. The fraction of sp³-hybridized carbons (Fsp3) is 0.278. The number of anilines is 2. The predicted molar refractivity (Wildman–Crippen MR) is 92.5 cm³/mol. The number of rotatable bonds is 4. The third-order valence-corrected chi connectivity index (χ3v) is 4.00. The second-order valence-corrected chi connectivity index (χ2v) is 6.27. The van der Waals surface area contributed by atoms with Crippen molar-refractivity contribution in [3.05, 3.63) is 47.5 Å². The van der Waals surface area contributed by atoms with E-state index in [2.05, 4.69) is 4.98 Å². The highest BCUT2D eigenvalue weighted by Crippen LogP contribution is 2.35. The van der Waals surface area contributed by atoms with Crippen molar-refractivity contribution in [2.45, 2.75) is 26.5 Å². The van der Waals surface area contributed by atoms with Crippen LogP contribution in [0, 0.1) is 5.92 Å². The lowest BCUT2D eigenvalue weighted by Crippen LogP contribution is -2.48. The Labute approximate surface area is 145 Å². The van der Waals surface area contributed by atoms with Crippen molar-refractivity contribution in [3.8, 4) is 5.75 Å². The van der Waals surface area contributed by atoms with Crippen LogP contribution in [0.4, 0.5) is 11.6 Å². The predicted octanol–water partition coefficient (Wildman–Crippen LogP) is 2.31. The molecule has 2 aromatic rings. The van der Waals surface area contributed by atoms with Crippen molar-refractivity contribution < 1.29 is 19.4 Å². The summed E-state index contributed by atoms with van der Waals surface area (Å²) in [6.45, 7) is 4.00. The van der Waals surface area contributed by atoms with Crippen LogP contribution in [0.5, 0.6) is 5.75 Å². The highest BCUT2D eigenvalue weighted by Gasteiger charge is 2.37. The molecule has 1 aromatic carbocycles. The fourth-order valence-electron chi connectivity index (χ4n) is 2.74. The van der Waals surface area contributed by atoms with Crippen LogP contribution >= 0.6 is 0 Å². The molecule has 0 saturated heterocycles. The first kappa shape index (κ1) is 16.8. The molecular formula is C18H19N3O4. The summed E-state index contributed by atoms with van der Waals surface area (Å²) in [4.78, 5) is 29.8. The van der Waals surface area contributed by atoms with Crippen LogP contribution in [0.3, 0.4) is 0 Å². The Balaban J connectivity index is 2.01. The highest BCUT2D eigenvalue weighted by molar-refractivity contribution is 5.99. The van der Waals surface area contributed by atoms with Gasteiger partial charge in [-0.25, -0.2) is 9.78 Å². The maximum absolute atomic E-state index is 12.9. The molecule has 2 heterocycles. The molecule has 0 spiro atoms. The summed E-state index contributed by atoms with van der Waals surface area (Å²) in [6, 6.07) is 9.79. The van der Waals surface area contributed by atoms with E-state index in [9.17, 15) is 9.59 Å². The molecule has 1 aliphatic rings. The van der Waals surface area contributed by atoms with Gasteiger partial charge in [0.25, 0.3) is 5.91 Å². The number of ether oxygens (including phenoxy) is 1. The fourth-order valence-corrected chi connectivity index (χ4v) is 2.74. The second kappa shape index (κ2) is 6.43. The van der Waals surface area contributed by atoms with Gasteiger partial charge >= 0.3 is 5.97 Å². The number of hydrogen-bond donors (Lipinski definition) is 2. The molecule has 3 N–H and O–H groups in total. The van der Waals surface area contributed by atoms with Gasteiger partial charge in [-0.05, 0) is 35.7 Å². The Morgan fingerprint density at radius 3 is 2.80 bits per heavy atom. The molecule has 1 amide bonds. The van der Waals surface area contributed by atoms with E-state index < -0.39 is 12.1 Å². The van der Waals surface area contributed by atoms with E-state index in [1.807, 2.05) is 13.8 Å². The van der Waals surface area contributed by atoms with E-state index in [0.29, 0.717) is 17.1 Å². The molecule has 0 bridgehead atoms. The molecule has 7 heteroatoms. The van der Waals surface area contributed by atoms with Crippen molar-refractivity contribution in [2.75, 3.05) is 10.6 Å². The standard InChI is InChI=1S/C18H19N3O4/c1-10(2)15-17(22)21(16-13(25-15)6-7-14(19)20-16)9-11-4-3-5-12(8-11)18(23)24/h3-8,10,15H,9H2,1-2H3,(H2,19,20)(H,23,24). The van der Waals surface area contributed by atoms with E-state index in [1.165, 1.54) is 11.0 Å². The lowest BCUT2D eigenvalue weighted by Gasteiger charge is -2.35. The number of nitrogens with zero attached hydrogens (tertiary/aromatic N) is 2. The van der Waals surface area contributed by atoms with Gasteiger partial charge in [0.1, 0.15) is 5.82 Å². The van der Waals surface area contributed by atoms with Crippen LogP contribution in [-0.2, 0) is 11.3 Å². The number of nitrogen functional groups attached to an aromatic ring is 1. The molecular weight excluding hydrogens is 322 g/mol. The molecule has 1 aliphatic heterocycles. The van der Waals surface area contributed by atoms with Gasteiger partial charge in [-0.15, -0.1) is 0 Å². The Morgan fingerprint density at radius 1 is 1.36 bits per heavy atom. The highest BCUT2D eigenvalue weighted by atomic mass is 16.5. The number of fused-ring (bicyclic) bond motifs is 1. The molecule has 3 rings (SSSR count). The van der Waals surface area contributed by atoms with E-state index in [4.69, 9.17) is 15.6 Å². The Bertz CT molecular complexity index is 835. The second-order valence-electron chi connectivity index (χ2n) is 6.27. The molecule has 25 heavy (non-hydrogen) atoms. The summed E-state index contributed by atoms with van der Waals surface area (Å²) in [6.07, 6.45) is -0.624. The lowest BCUT2D eigenvalue weighted by molar-refractivity contribution is -0.128. The number of aromatic nitrogens is 1. The maximum Gasteiger partial charge on any atom is 0.335 e. The van der Waals surface area contributed by atoms with Gasteiger partial charge < -0.3 is 15.6 Å². The van der Waals surface area contributed by atoms with Crippen LogP contribution in [0.25, 0.3) is 0 Å². The van der Waals surface area contributed by atoms with Crippen LogP contribution in [0.2, 0.25) is 0 Å². The number of benzene rings is 1. The largest absolute Gasteiger partial charge is 0.478 e. The first-order chi connectivity index (χ1) is 11.9. The molecule has 1 unspecified atom stereocenters. The number of carbonyl (C=O) groups excluding carboxylic acids is 1. The minimum atomic E-state index is -1.02. The van der Waals surface area contributed by atoms with E-state index in [0.717, 1.165) is 0 Å². The van der Waals surface area contributed by atoms with Gasteiger partial charge in [0.05, 0.1) is 12.1 Å². The first-order valence-electron chi connectivity index (χ1n) is 7.93. The van der Waals surface area contributed by atoms with Crippen LogP contribution in [0.15, 0.2) is 36.4 Å². The monoisotopic (exact) mass is 341 g/mol. The molecule has 7 nitrogen and oxygen atoms in total. The third-order valence-electron chi connectivity index (χ3n) is 4.00. The summed E-state index contributed by atoms with van der Waals surface area (Å²) in [7, 11) is 0. The van der Waals surface area contributed by atoms with Gasteiger partial charge in [0.2, 0.25) is 0 Å². The zero-order valence-corrected chi connectivity index (χ0v) is 14.0. The lowest BCUT2D eigenvalue weighted by atomic mass is 10.0. The molecule has 1 atom stereocenters.